The van der Waals surface area contributed by atoms with Crippen molar-refractivity contribution in [1.29, 1.82) is 0 Å². The number of carboxylic acids is 1. The molecule has 20 heavy (non-hydrogen) atoms. The Labute approximate surface area is 122 Å². The molecule has 0 fully saturated rings. The van der Waals surface area contributed by atoms with Crippen LogP contribution in [0.2, 0.25) is 0 Å². The van der Waals surface area contributed by atoms with Crippen LogP contribution in [0.25, 0.3) is 0 Å². The van der Waals surface area contributed by atoms with Crippen molar-refractivity contribution >= 4 is 29.7 Å². The van der Waals surface area contributed by atoms with Gasteiger partial charge in [-0.15, -0.1) is 0 Å². The van der Waals surface area contributed by atoms with Gasteiger partial charge in [-0.1, -0.05) is 0 Å². The number of carboxylic acid groups (broad SMARTS) is 1. The average molecular weight is 306 g/mol. The SMILES string of the molecule is CC(C)(C)OC(=O)NCCSCC(=O)NCCC(=O)O. The summed E-state index contributed by atoms with van der Waals surface area (Å²) in [5.74, 6) is -0.352. The first kappa shape index (κ1) is 18.6. The van der Waals surface area contributed by atoms with Crippen molar-refractivity contribution in [3.63, 3.8) is 0 Å². The number of nitrogens with one attached hydrogen (secondary N) is 2. The summed E-state index contributed by atoms with van der Waals surface area (Å²) in [6.45, 7) is 5.88. The highest BCUT2D eigenvalue weighted by Crippen LogP contribution is 2.06. The van der Waals surface area contributed by atoms with E-state index < -0.39 is 17.7 Å². The van der Waals surface area contributed by atoms with Crippen LogP contribution in [0.3, 0.4) is 0 Å². The Hall–Kier alpha value is -1.44. The molecule has 0 aliphatic carbocycles. The number of hydrogen-bond acceptors (Lipinski definition) is 5. The first-order chi connectivity index (χ1) is 9.20. The van der Waals surface area contributed by atoms with Crippen LogP contribution in [0.1, 0.15) is 27.2 Å². The molecule has 0 aromatic carbocycles. The molecule has 3 N–H and O–H groups in total. The fraction of sp³-hybridized carbons (Fsp3) is 0.750. The van der Waals surface area contributed by atoms with Crippen molar-refractivity contribution in [2.75, 3.05) is 24.6 Å². The van der Waals surface area contributed by atoms with Crippen LogP contribution in [-0.2, 0) is 14.3 Å². The number of carbonyl (C=O) groups excluding carboxylic acids is 2. The Morgan fingerprint density at radius 3 is 2.35 bits per heavy atom. The number of ether oxygens (including phenoxy) is 1. The number of rotatable bonds is 8. The second-order valence-electron chi connectivity index (χ2n) is 4.97. The third kappa shape index (κ3) is 13.0. The number of amides is 2. The summed E-state index contributed by atoms with van der Waals surface area (Å²) in [7, 11) is 0. The van der Waals surface area contributed by atoms with Gasteiger partial charge < -0.3 is 20.5 Å². The average Bonchev–Trinajstić information content (AvgIpc) is 2.25. The lowest BCUT2D eigenvalue weighted by Gasteiger charge is -2.19. The maximum atomic E-state index is 11.3. The fourth-order valence-corrected chi connectivity index (χ4v) is 1.74. The Morgan fingerprint density at radius 1 is 1.15 bits per heavy atom. The molecule has 0 unspecified atom stereocenters. The molecule has 0 radical (unpaired) electrons. The van der Waals surface area contributed by atoms with Gasteiger partial charge in [0.15, 0.2) is 0 Å². The molecule has 0 rings (SSSR count). The second-order valence-corrected chi connectivity index (χ2v) is 6.08. The van der Waals surface area contributed by atoms with Gasteiger partial charge in [-0.3, -0.25) is 9.59 Å². The van der Waals surface area contributed by atoms with Crippen LogP contribution in [0.5, 0.6) is 0 Å². The topological polar surface area (TPSA) is 105 Å². The molecular formula is C12H22N2O5S. The lowest BCUT2D eigenvalue weighted by atomic mass is 10.2. The molecule has 7 nitrogen and oxygen atoms in total. The monoisotopic (exact) mass is 306 g/mol. The minimum atomic E-state index is -0.945. The van der Waals surface area contributed by atoms with E-state index in [0.29, 0.717) is 12.3 Å². The molecule has 0 heterocycles. The van der Waals surface area contributed by atoms with Crippen molar-refractivity contribution in [3.05, 3.63) is 0 Å². The molecule has 0 aliphatic heterocycles. The smallest absolute Gasteiger partial charge is 0.407 e. The largest absolute Gasteiger partial charge is 0.481 e. The van der Waals surface area contributed by atoms with E-state index in [4.69, 9.17) is 9.84 Å². The summed E-state index contributed by atoms with van der Waals surface area (Å²) < 4.78 is 5.05. The quantitative estimate of drug-likeness (QED) is 0.574. The Bertz CT molecular complexity index is 341. The molecule has 8 heteroatoms. The van der Waals surface area contributed by atoms with Gasteiger partial charge >= 0.3 is 12.1 Å². The molecule has 0 aromatic rings. The van der Waals surface area contributed by atoms with E-state index in [1.165, 1.54) is 11.8 Å². The minimum Gasteiger partial charge on any atom is -0.481 e. The third-order valence-corrected chi connectivity index (χ3v) is 2.77. The van der Waals surface area contributed by atoms with Crippen LogP contribution >= 0.6 is 11.8 Å². The molecular weight excluding hydrogens is 284 g/mol. The van der Waals surface area contributed by atoms with Gasteiger partial charge in [-0.2, -0.15) is 11.8 Å². The number of thioether (sulfide) groups is 1. The second kappa shape index (κ2) is 9.46. The van der Waals surface area contributed by atoms with Gasteiger partial charge in [0.2, 0.25) is 5.91 Å². The summed E-state index contributed by atoms with van der Waals surface area (Å²) in [6, 6.07) is 0. The zero-order chi connectivity index (χ0) is 15.6. The van der Waals surface area contributed by atoms with Gasteiger partial charge in [-0.25, -0.2) is 4.79 Å². The summed E-state index contributed by atoms with van der Waals surface area (Å²) in [4.78, 5) is 32.8. The van der Waals surface area contributed by atoms with E-state index in [0.717, 1.165) is 0 Å². The lowest BCUT2D eigenvalue weighted by molar-refractivity contribution is -0.136. The van der Waals surface area contributed by atoms with Crippen molar-refractivity contribution in [1.82, 2.24) is 10.6 Å². The fourth-order valence-electron chi connectivity index (χ4n) is 1.06. The molecule has 2 amide bonds. The van der Waals surface area contributed by atoms with Crippen LogP contribution in [0.15, 0.2) is 0 Å². The molecule has 0 saturated carbocycles. The predicted octanol–water partition coefficient (Wildman–Crippen LogP) is 0.835. The van der Waals surface area contributed by atoms with E-state index in [-0.39, 0.29) is 24.6 Å². The highest BCUT2D eigenvalue weighted by molar-refractivity contribution is 7.99. The molecule has 0 aromatic heterocycles. The highest BCUT2D eigenvalue weighted by Gasteiger charge is 2.15. The van der Waals surface area contributed by atoms with Crippen molar-refractivity contribution < 1.29 is 24.2 Å². The molecule has 116 valence electrons. The van der Waals surface area contributed by atoms with Gasteiger partial charge in [0.05, 0.1) is 12.2 Å². The third-order valence-electron chi connectivity index (χ3n) is 1.81. The van der Waals surface area contributed by atoms with E-state index in [1.807, 2.05) is 0 Å². The molecule has 0 aliphatic rings. The minimum absolute atomic E-state index is 0.0867. The Kier molecular flexibility index (Phi) is 8.78. The van der Waals surface area contributed by atoms with Gasteiger partial charge in [0, 0.05) is 18.8 Å². The maximum absolute atomic E-state index is 11.3. The van der Waals surface area contributed by atoms with Crippen molar-refractivity contribution in [3.8, 4) is 0 Å². The molecule has 0 bridgehead atoms. The van der Waals surface area contributed by atoms with Crippen molar-refractivity contribution in [2.45, 2.75) is 32.8 Å². The molecule has 0 saturated heterocycles. The van der Waals surface area contributed by atoms with Gasteiger partial charge in [0.1, 0.15) is 5.60 Å². The summed E-state index contributed by atoms with van der Waals surface area (Å²) in [5.41, 5.74) is -0.527. The molecule has 0 atom stereocenters. The summed E-state index contributed by atoms with van der Waals surface area (Å²) >= 11 is 1.35. The predicted molar refractivity (Wildman–Crippen MR) is 76.8 cm³/mol. The van der Waals surface area contributed by atoms with E-state index in [2.05, 4.69) is 10.6 Å². The Balaban J connectivity index is 3.50. The van der Waals surface area contributed by atoms with Crippen molar-refractivity contribution in [2.24, 2.45) is 0 Å². The summed E-state index contributed by atoms with van der Waals surface area (Å²) in [5, 5.41) is 13.5. The van der Waals surface area contributed by atoms with Crippen LogP contribution in [-0.4, -0.2) is 53.3 Å². The first-order valence-corrected chi connectivity index (χ1v) is 7.39. The number of carbonyl (C=O) groups is 3. The maximum Gasteiger partial charge on any atom is 0.407 e. The van der Waals surface area contributed by atoms with E-state index in [1.54, 1.807) is 20.8 Å². The first-order valence-electron chi connectivity index (χ1n) is 6.24. The summed E-state index contributed by atoms with van der Waals surface area (Å²) in [6.07, 6.45) is -0.569. The number of alkyl carbamates (subject to hydrolysis) is 1. The molecule has 0 spiro atoms. The van der Waals surface area contributed by atoms with E-state index in [9.17, 15) is 14.4 Å². The zero-order valence-electron chi connectivity index (χ0n) is 12.0. The van der Waals surface area contributed by atoms with Gasteiger partial charge in [-0.05, 0) is 20.8 Å². The number of aliphatic carboxylic acids is 1. The van der Waals surface area contributed by atoms with Crippen LogP contribution in [0.4, 0.5) is 4.79 Å². The number of hydrogen-bond donors (Lipinski definition) is 3. The van der Waals surface area contributed by atoms with Gasteiger partial charge in [0.25, 0.3) is 0 Å². The Morgan fingerprint density at radius 2 is 1.80 bits per heavy atom. The van der Waals surface area contributed by atoms with Crippen LogP contribution < -0.4 is 10.6 Å². The standard InChI is InChI=1S/C12H22N2O5S/c1-12(2,3)19-11(18)14-6-7-20-8-9(15)13-5-4-10(16)17/h4-8H2,1-3H3,(H,13,15)(H,14,18)(H,16,17). The lowest BCUT2D eigenvalue weighted by Crippen LogP contribution is -2.34. The van der Waals surface area contributed by atoms with Crippen LogP contribution in [0, 0.1) is 0 Å². The highest BCUT2D eigenvalue weighted by atomic mass is 32.2. The normalized spacial score (nSPS) is 10.8. The zero-order valence-corrected chi connectivity index (χ0v) is 12.8. The van der Waals surface area contributed by atoms with E-state index >= 15 is 0 Å².